The van der Waals surface area contributed by atoms with Crippen molar-refractivity contribution < 1.29 is 14.5 Å². The molecule has 5 rings (SSSR count). The van der Waals surface area contributed by atoms with Gasteiger partial charge in [0.25, 0.3) is 11.8 Å². The molecular formula is C23H27N4O2S+. The summed E-state index contributed by atoms with van der Waals surface area (Å²) in [4.78, 5) is 32.4. The standard InChI is InChI=1S/C23H26N4O2S/c28-21-23(27-10-4-5-11-27)30-20-9-8-17(16-19(20)24-21)22(29)26-14-12-25(13-15-26)18-6-2-1-3-7-18/h1-3,6-9,16,23H,4-5,10-15H2,(H,24,28)/p+1. The van der Waals surface area contributed by atoms with Crippen LogP contribution >= 0.6 is 11.8 Å². The molecule has 0 bridgehead atoms. The normalized spacial score (nSPS) is 22.0. The second-order valence-corrected chi connectivity index (χ2v) is 9.33. The average Bonchev–Trinajstić information content (AvgIpc) is 3.33. The van der Waals surface area contributed by atoms with E-state index in [0.717, 1.165) is 36.8 Å². The Morgan fingerprint density at radius 2 is 1.73 bits per heavy atom. The van der Waals surface area contributed by atoms with E-state index in [0.29, 0.717) is 18.7 Å². The zero-order valence-electron chi connectivity index (χ0n) is 17.0. The van der Waals surface area contributed by atoms with Crippen molar-refractivity contribution in [2.75, 3.05) is 49.5 Å². The van der Waals surface area contributed by atoms with Crippen LogP contribution in [-0.2, 0) is 4.79 Å². The molecule has 3 aliphatic heterocycles. The number of piperazine rings is 1. The van der Waals surface area contributed by atoms with E-state index in [2.05, 4.69) is 22.3 Å². The SMILES string of the molecule is O=C1Nc2cc(C(=O)N3CCN(c4ccccc4)CC3)ccc2SC1[NH+]1CCCC1. The van der Waals surface area contributed by atoms with Crippen LogP contribution in [0, 0.1) is 0 Å². The number of rotatable bonds is 3. The predicted molar refractivity (Wildman–Crippen MR) is 119 cm³/mol. The Bertz CT molecular complexity index is 937. The van der Waals surface area contributed by atoms with E-state index in [9.17, 15) is 9.59 Å². The fraction of sp³-hybridized carbons (Fsp3) is 0.391. The minimum absolute atomic E-state index is 0.0389. The van der Waals surface area contributed by atoms with Crippen LogP contribution in [0.4, 0.5) is 11.4 Å². The number of hydrogen-bond donors (Lipinski definition) is 2. The van der Waals surface area contributed by atoms with Crippen LogP contribution in [0.2, 0.25) is 0 Å². The van der Waals surface area contributed by atoms with Crippen LogP contribution in [0.3, 0.4) is 0 Å². The van der Waals surface area contributed by atoms with Gasteiger partial charge in [0, 0.05) is 55.2 Å². The zero-order valence-corrected chi connectivity index (χ0v) is 17.8. The van der Waals surface area contributed by atoms with Gasteiger partial charge < -0.3 is 20.0 Å². The Morgan fingerprint density at radius 1 is 1.00 bits per heavy atom. The largest absolute Gasteiger partial charge is 0.368 e. The number of nitrogens with zero attached hydrogens (tertiary/aromatic N) is 2. The van der Waals surface area contributed by atoms with Gasteiger partial charge in [-0.1, -0.05) is 30.0 Å². The van der Waals surface area contributed by atoms with Gasteiger partial charge in [0.15, 0.2) is 0 Å². The van der Waals surface area contributed by atoms with Gasteiger partial charge in [0.2, 0.25) is 5.37 Å². The van der Waals surface area contributed by atoms with E-state index in [4.69, 9.17) is 0 Å². The molecule has 30 heavy (non-hydrogen) atoms. The molecule has 2 N–H and O–H groups in total. The minimum Gasteiger partial charge on any atom is -0.368 e. The van der Waals surface area contributed by atoms with Crippen LogP contribution in [0.5, 0.6) is 0 Å². The van der Waals surface area contributed by atoms with Gasteiger partial charge >= 0.3 is 0 Å². The highest BCUT2D eigenvalue weighted by molar-refractivity contribution is 8.00. The van der Waals surface area contributed by atoms with Gasteiger partial charge in [0.05, 0.1) is 18.8 Å². The number of carbonyl (C=O) groups excluding carboxylic acids is 2. The first-order valence-corrected chi connectivity index (χ1v) is 11.6. The molecule has 6 nitrogen and oxygen atoms in total. The maximum atomic E-state index is 13.1. The van der Waals surface area contributed by atoms with E-state index < -0.39 is 0 Å². The Morgan fingerprint density at radius 3 is 2.47 bits per heavy atom. The van der Waals surface area contributed by atoms with Crippen LogP contribution in [0.15, 0.2) is 53.4 Å². The Balaban J connectivity index is 1.25. The average molecular weight is 424 g/mol. The van der Waals surface area contributed by atoms with Crippen molar-refractivity contribution in [3.05, 3.63) is 54.1 Å². The molecule has 0 spiro atoms. The topological polar surface area (TPSA) is 57.1 Å². The van der Waals surface area contributed by atoms with E-state index in [1.54, 1.807) is 11.8 Å². The quantitative estimate of drug-likeness (QED) is 0.789. The van der Waals surface area contributed by atoms with Crippen molar-refractivity contribution in [2.45, 2.75) is 23.1 Å². The summed E-state index contributed by atoms with van der Waals surface area (Å²) >= 11 is 1.64. The number of thioether (sulfide) groups is 1. The van der Waals surface area contributed by atoms with Crippen LogP contribution < -0.4 is 15.1 Å². The van der Waals surface area contributed by atoms with Gasteiger partial charge in [-0.2, -0.15) is 0 Å². The second kappa shape index (κ2) is 8.32. The third-order valence-electron chi connectivity index (χ3n) is 6.27. The van der Waals surface area contributed by atoms with Gasteiger partial charge in [-0.15, -0.1) is 0 Å². The van der Waals surface area contributed by atoms with Gasteiger partial charge in [-0.05, 0) is 30.3 Å². The van der Waals surface area contributed by atoms with Gasteiger partial charge in [-0.25, -0.2) is 0 Å². The van der Waals surface area contributed by atoms with Crippen LogP contribution in [0.25, 0.3) is 0 Å². The van der Waals surface area contributed by atoms with Crippen molar-refractivity contribution in [1.82, 2.24) is 4.90 Å². The van der Waals surface area contributed by atoms with Gasteiger partial charge in [0.1, 0.15) is 0 Å². The van der Waals surface area contributed by atoms with Crippen LogP contribution in [0.1, 0.15) is 23.2 Å². The fourth-order valence-electron chi connectivity index (χ4n) is 4.59. The maximum absolute atomic E-state index is 13.1. The number of nitrogens with one attached hydrogen (secondary N) is 2. The lowest BCUT2D eigenvalue weighted by Crippen LogP contribution is -3.14. The molecule has 156 valence electrons. The predicted octanol–water partition coefficient (Wildman–Crippen LogP) is 1.70. The molecular weight excluding hydrogens is 396 g/mol. The molecule has 0 saturated carbocycles. The molecule has 0 aromatic heterocycles. The molecule has 2 amide bonds. The summed E-state index contributed by atoms with van der Waals surface area (Å²) in [5, 5.41) is 2.98. The summed E-state index contributed by atoms with van der Waals surface area (Å²) in [6.45, 7) is 5.18. The molecule has 3 aliphatic rings. The molecule has 2 aromatic rings. The van der Waals surface area contributed by atoms with E-state index in [1.165, 1.54) is 23.4 Å². The van der Waals surface area contributed by atoms with E-state index >= 15 is 0 Å². The van der Waals surface area contributed by atoms with Crippen molar-refractivity contribution in [3.63, 3.8) is 0 Å². The Kier molecular flexibility index (Phi) is 5.39. The zero-order chi connectivity index (χ0) is 20.5. The maximum Gasteiger partial charge on any atom is 0.294 e. The fourth-order valence-corrected chi connectivity index (χ4v) is 5.80. The second-order valence-electron chi connectivity index (χ2n) is 8.18. The van der Waals surface area contributed by atoms with Crippen LogP contribution in [-0.4, -0.2) is 61.4 Å². The summed E-state index contributed by atoms with van der Waals surface area (Å²) in [6.07, 6.45) is 2.38. The Hall–Kier alpha value is -2.51. The number of para-hydroxylation sites is 1. The summed E-state index contributed by atoms with van der Waals surface area (Å²) < 4.78 is 0. The number of fused-ring (bicyclic) bond motifs is 1. The van der Waals surface area contributed by atoms with E-state index in [-0.39, 0.29) is 17.2 Å². The summed E-state index contributed by atoms with van der Waals surface area (Å²) in [6, 6.07) is 16.1. The molecule has 2 saturated heterocycles. The molecule has 2 fully saturated rings. The smallest absolute Gasteiger partial charge is 0.294 e. The molecule has 0 aliphatic carbocycles. The molecule has 1 unspecified atom stereocenters. The molecule has 0 radical (unpaired) electrons. The number of benzene rings is 2. The molecule has 1 atom stereocenters. The lowest BCUT2D eigenvalue weighted by molar-refractivity contribution is -0.888. The van der Waals surface area contributed by atoms with Gasteiger partial charge in [-0.3, -0.25) is 9.59 Å². The third-order valence-corrected chi connectivity index (χ3v) is 7.67. The van der Waals surface area contributed by atoms with E-state index in [1.807, 2.05) is 41.3 Å². The van der Waals surface area contributed by atoms with Crippen molar-refractivity contribution in [2.24, 2.45) is 0 Å². The highest BCUT2D eigenvalue weighted by Crippen LogP contribution is 2.35. The lowest BCUT2D eigenvalue weighted by Gasteiger charge is -2.36. The Labute approximate surface area is 181 Å². The third kappa shape index (κ3) is 3.79. The first-order valence-electron chi connectivity index (χ1n) is 10.7. The molecule has 3 heterocycles. The number of carbonyl (C=O) groups is 2. The summed E-state index contributed by atoms with van der Waals surface area (Å²) in [5.41, 5.74) is 2.62. The number of anilines is 2. The van der Waals surface area contributed by atoms with Crippen molar-refractivity contribution >= 4 is 35.0 Å². The van der Waals surface area contributed by atoms with Crippen molar-refractivity contribution in [3.8, 4) is 0 Å². The first kappa shape index (κ1) is 19.5. The number of hydrogen-bond acceptors (Lipinski definition) is 4. The number of quaternary nitrogens is 1. The minimum atomic E-state index is -0.0763. The molecule has 7 heteroatoms. The summed E-state index contributed by atoms with van der Waals surface area (Å²) in [7, 11) is 0. The molecule has 2 aromatic carbocycles. The first-order chi connectivity index (χ1) is 14.7. The van der Waals surface area contributed by atoms with Crippen molar-refractivity contribution in [1.29, 1.82) is 0 Å². The number of amides is 2. The highest BCUT2D eigenvalue weighted by atomic mass is 32.2. The summed E-state index contributed by atoms with van der Waals surface area (Å²) in [5.74, 6) is 0.0996. The lowest BCUT2D eigenvalue weighted by atomic mass is 10.1. The number of likely N-dealkylation sites (tertiary alicyclic amines) is 1. The highest BCUT2D eigenvalue weighted by Gasteiger charge is 2.37. The monoisotopic (exact) mass is 423 g/mol.